The first-order valence-electron chi connectivity index (χ1n) is 3.99. The Balaban J connectivity index is 3.28. The second kappa shape index (κ2) is 4.77. The maximum Gasteiger partial charge on any atom is 0.573 e. The molecule has 0 atom stereocenters. The van der Waals surface area contributed by atoms with Gasteiger partial charge in [-0.15, -0.1) is 13.2 Å². The van der Waals surface area contributed by atoms with E-state index in [0.29, 0.717) is 0 Å². The van der Waals surface area contributed by atoms with Crippen LogP contribution in [0.5, 0.6) is 11.5 Å². The molecule has 0 aliphatic carbocycles. The van der Waals surface area contributed by atoms with E-state index >= 15 is 0 Å². The summed E-state index contributed by atoms with van der Waals surface area (Å²) in [6, 6.07) is 0.882. The van der Waals surface area contributed by atoms with E-state index in [1.165, 1.54) is 0 Å². The molecule has 0 aliphatic heterocycles. The van der Waals surface area contributed by atoms with Crippen molar-refractivity contribution in [2.45, 2.75) is 11.7 Å². The highest BCUT2D eigenvalue weighted by Gasteiger charge is 2.34. The summed E-state index contributed by atoms with van der Waals surface area (Å²) in [5.41, 5.74) is -0.609. The lowest BCUT2D eigenvalue weighted by atomic mass is 10.3. The van der Waals surface area contributed by atoms with Gasteiger partial charge in [-0.3, -0.25) is 4.79 Å². The minimum atomic E-state index is -4.84. The van der Waals surface area contributed by atoms with Crippen molar-refractivity contribution >= 4 is 15.9 Å². The zero-order valence-corrected chi connectivity index (χ0v) is 9.61. The number of alkyl halides is 4. The van der Waals surface area contributed by atoms with Gasteiger partial charge in [-0.25, -0.2) is 0 Å². The Labute approximate surface area is 96.5 Å². The van der Waals surface area contributed by atoms with Gasteiger partial charge in [0.15, 0.2) is 11.5 Å². The minimum absolute atomic E-state index is 0.00481. The van der Waals surface area contributed by atoms with Crippen LogP contribution in [0.4, 0.5) is 13.2 Å². The van der Waals surface area contributed by atoms with Gasteiger partial charge in [0.25, 0.3) is 5.56 Å². The van der Waals surface area contributed by atoms with E-state index in [4.69, 9.17) is 0 Å². The van der Waals surface area contributed by atoms with E-state index in [9.17, 15) is 18.0 Å². The van der Waals surface area contributed by atoms with Crippen LogP contribution in [-0.4, -0.2) is 18.5 Å². The molecule has 1 rings (SSSR count). The summed E-state index contributed by atoms with van der Waals surface area (Å²) >= 11 is 2.94. The van der Waals surface area contributed by atoms with E-state index < -0.39 is 17.7 Å². The summed E-state index contributed by atoms with van der Waals surface area (Å²) in [6.07, 6.45) is -4.84. The van der Waals surface area contributed by atoms with Crippen LogP contribution in [0.3, 0.4) is 0 Å². The number of methoxy groups -OCH3 is 1. The van der Waals surface area contributed by atoms with Gasteiger partial charge in [-0.2, -0.15) is 0 Å². The van der Waals surface area contributed by atoms with Crippen molar-refractivity contribution in [2.24, 2.45) is 0 Å². The van der Waals surface area contributed by atoms with Gasteiger partial charge >= 0.3 is 6.36 Å². The summed E-state index contributed by atoms with van der Waals surface area (Å²) in [5.74, 6) is -0.818. The van der Waals surface area contributed by atoms with E-state index in [2.05, 4.69) is 30.4 Å². The van der Waals surface area contributed by atoms with E-state index in [-0.39, 0.29) is 16.8 Å². The minimum Gasteiger partial charge on any atom is -0.493 e. The number of aromatic nitrogens is 1. The Morgan fingerprint density at radius 2 is 2.12 bits per heavy atom. The molecule has 0 amide bonds. The number of H-pyrrole nitrogens is 1. The largest absolute Gasteiger partial charge is 0.573 e. The molecule has 0 bridgehead atoms. The molecule has 16 heavy (non-hydrogen) atoms. The molecule has 1 aromatic heterocycles. The molecule has 0 unspecified atom stereocenters. The number of rotatable bonds is 3. The third kappa shape index (κ3) is 3.16. The van der Waals surface area contributed by atoms with Crippen molar-refractivity contribution in [2.75, 3.05) is 7.11 Å². The molecule has 8 heteroatoms. The van der Waals surface area contributed by atoms with Crippen LogP contribution in [0.2, 0.25) is 0 Å². The van der Waals surface area contributed by atoms with Crippen molar-refractivity contribution in [1.29, 1.82) is 0 Å². The second-order valence-corrected chi connectivity index (χ2v) is 3.25. The molecule has 1 N–H and O–H groups in total. The molecule has 90 valence electrons. The lowest BCUT2D eigenvalue weighted by Gasteiger charge is -2.14. The fraction of sp³-hybridized carbons (Fsp3) is 0.375. The highest BCUT2D eigenvalue weighted by Crippen LogP contribution is 2.34. The molecule has 0 radical (unpaired) electrons. The standard InChI is InChI=1S/C8H7BrF3NO3/c1-15-5-2-6(14)13-4(3-9)7(5)16-8(10,11)12/h2H,3H2,1H3,(H,13,14). The molecule has 0 fully saturated rings. The SMILES string of the molecule is COc1cc(=O)[nH]c(CBr)c1OC(F)(F)F. The second-order valence-electron chi connectivity index (χ2n) is 2.69. The lowest BCUT2D eigenvalue weighted by Crippen LogP contribution is -2.20. The summed E-state index contributed by atoms with van der Waals surface area (Å²) in [7, 11) is 1.15. The average Bonchev–Trinajstić information content (AvgIpc) is 2.18. The molecule has 0 saturated carbocycles. The van der Waals surface area contributed by atoms with Crippen LogP contribution >= 0.6 is 15.9 Å². The van der Waals surface area contributed by atoms with Crippen LogP contribution in [0, 0.1) is 0 Å². The molecule has 1 aromatic rings. The fourth-order valence-corrected chi connectivity index (χ4v) is 1.44. The molecular weight excluding hydrogens is 295 g/mol. The molecule has 0 saturated heterocycles. The Kier molecular flexibility index (Phi) is 3.84. The first kappa shape index (κ1) is 12.9. The molecular formula is C8H7BrF3NO3. The molecule has 0 aliphatic rings. The van der Waals surface area contributed by atoms with Gasteiger partial charge in [-0.1, -0.05) is 15.9 Å². The van der Waals surface area contributed by atoms with Gasteiger partial charge in [-0.05, 0) is 0 Å². The van der Waals surface area contributed by atoms with Crippen molar-refractivity contribution in [3.05, 3.63) is 22.1 Å². The number of hydrogen-bond acceptors (Lipinski definition) is 3. The Bertz CT molecular complexity index is 401. The van der Waals surface area contributed by atoms with Gasteiger partial charge < -0.3 is 14.5 Å². The highest BCUT2D eigenvalue weighted by molar-refractivity contribution is 9.08. The molecule has 0 aromatic carbocycles. The smallest absolute Gasteiger partial charge is 0.493 e. The van der Waals surface area contributed by atoms with Gasteiger partial charge in [0, 0.05) is 11.4 Å². The van der Waals surface area contributed by atoms with Crippen LogP contribution < -0.4 is 15.0 Å². The zero-order valence-electron chi connectivity index (χ0n) is 8.02. The average molecular weight is 302 g/mol. The maximum absolute atomic E-state index is 12.1. The lowest BCUT2D eigenvalue weighted by molar-refractivity contribution is -0.275. The van der Waals surface area contributed by atoms with Crippen molar-refractivity contribution in [1.82, 2.24) is 4.98 Å². The number of aromatic amines is 1. The van der Waals surface area contributed by atoms with Crippen LogP contribution in [-0.2, 0) is 5.33 Å². The summed E-state index contributed by atoms with van der Waals surface area (Å²) in [4.78, 5) is 13.3. The van der Waals surface area contributed by atoms with Crippen LogP contribution in [0.15, 0.2) is 10.9 Å². The molecule has 4 nitrogen and oxygen atoms in total. The fourth-order valence-electron chi connectivity index (χ4n) is 1.05. The maximum atomic E-state index is 12.1. The van der Waals surface area contributed by atoms with Gasteiger partial charge in [0.2, 0.25) is 0 Å². The van der Waals surface area contributed by atoms with Crippen molar-refractivity contribution in [3.63, 3.8) is 0 Å². The van der Waals surface area contributed by atoms with E-state index in [1.807, 2.05) is 0 Å². The number of halogens is 4. The quantitative estimate of drug-likeness (QED) is 0.871. The normalized spacial score (nSPS) is 11.3. The number of nitrogens with one attached hydrogen (secondary N) is 1. The third-order valence-electron chi connectivity index (χ3n) is 1.61. The van der Waals surface area contributed by atoms with Gasteiger partial charge in [0.1, 0.15) is 0 Å². The molecule has 1 heterocycles. The topological polar surface area (TPSA) is 51.3 Å². The van der Waals surface area contributed by atoms with E-state index in [0.717, 1.165) is 13.2 Å². The Hall–Kier alpha value is -1.18. The number of hydrogen-bond donors (Lipinski definition) is 1. The zero-order chi connectivity index (χ0) is 12.3. The predicted molar refractivity (Wildman–Crippen MR) is 52.9 cm³/mol. The van der Waals surface area contributed by atoms with Crippen LogP contribution in [0.25, 0.3) is 0 Å². The van der Waals surface area contributed by atoms with Crippen molar-refractivity contribution in [3.8, 4) is 11.5 Å². The summed E-state index contributed by atoms with van der Waals surface area (Å²) < 4.78 is 44.7. The molecule has 0 spiro atoms. The highest BCUT2D eigenvalue weighted by atomic mass is 79.9. The number of ether oxygens (including phenoxy) is 2. The Morgan fingerprint density at radius 1 is 1.50 bits per heavy atom. The van der Waals surface area contributed by atoms with Gasteiger partial charge in [0.05, 0.1) is 12.8 Å². The van der Waals surface area contributed by atoms with Crippen LogP contribution in [0.1, 0.15) is 5.69 Å². The summed E-state index contributed by atoms with van der Waals surface area (Å²) in [5, 5.41) is 0.00481. The summed E-state index contributed by atoms with van der Waals surface area (Å²) in [6.45, 7) is 0. The first-order chi connectivity index (χ1) is 7.37. The predicted octanol–water partition coefficient (Wildman–Crippen LogP) is 2.18. The first-order valence-corrected chi connectivity index (χ1v) is 5.11. The van der Waals surface area contributed by atoms with Crippen molar-refractivity contribution < 1.29 is 22.6 Å². The monoisotopic (exact) mass is 301 g/mol. The Morgan fingerprint density at radius 3 is 2.56 bits per heavy atom. The third-order valence-corrected chi connectivity index (χ3v) is 2.17. The number of pyridine rings is 1. The van der Waals surface area contributed by atoms with E-state index in [1.54, 1.807) is 0 Å².